The maximum absolute atomic E-state index is 12.2. The standard InChI is InChI=1S/C16H21NOS/c1-5-6-16-17(15(18)10-19-16)14-9-12(4)7-8-13(14)11(2)3/h6-9,11H,5,10H2,1-4H3/b16-6-. The van der Waals surface area contributed by atoms with E-state index >= 15 is 0 Å². The molecule has 0 aromatic heterocycles. The van der Waals surface area contributed by atoms with Gasteiger partial charge < -0.3 is 0 Å². The van der Waals surface area contributed by atoms with E-state index in [1.807, 2.05) is 4.90 Å². The Balaban J connectivity index is 2.52. The van der Waals surface area contributed by atoms with Gasteiger partial charge in [-0.25, -0.2) is 0 Å². The minimum Gasteiger partial charge on any atom is -0.274 e. The molecule has 0 radical (unpaired) electrons. The van der Waals surface area contributed by atoms with Gasteiger partial charge in [-0.3, -0.25) is 9.69 Å². The maximum Gasteiger partial charge on any atom is 0.242 e. The molecule has 1 heterocycles. The van der Waals surface area contributed by atoms with Crippen molar-refractivity contribution in [3.63, 3.8) is 0 Å². The molecule has 1 saturated heterocycles. The summed E-state index contributed by atoms with van der Waals surface area (Å²) in [4.78, 5) is 14.1. The maximum atomic E-state index is 12.2. The summed E-state index contributed by atoms with van der Waals surface area (Å²) in [5, 5.41) is 1.08. The average Bonchev–Trinajstić information content (AvgIpc) is 2.70. The van der Waals surface area contributed by atoms with E-state index in [1.54, 1.807) is 11.8 Å². The fraction of sp³-hybridized carbons (Fsp3) is 0.438. The first-order chi connectivity index (χ1) is 9.04. The molecule has 1 aliphatic rings. The number of nitrogens with zero attached hydrogens (tertiary/aromatic N) is 1. The highest BCUT2D eigenvalue weighted by molar-refractivity contribution is 8.04. The monoisotopic (exact) mass is 275 g/mol. The van der Waals surface area contributed by atoms with E-state index in [9.17, 15) is 4.79 Å². The number of hydrogen-bond donors (Lipinski definition) is 0. The fourth-order valence-corrected chi connectivity index (χ4v) is 3.32. The van der Waals surface area contributed by atoms with Gasteiger partial charge in [0.25, 0.3) is 0 Å². The third-order valence-electron chi connectivity index (χ3n) is 3.24. The minimum absolute atomic E-state index is 0.192. The topological polar surface area (TPSA) is 20.3 Å². The Bertz CT molecular complexity index is 519. The van der Waals surface area contributed by atoms with Gasteiger partial charge in [-0.05, 0) is 36.5 Å². The normalized spacial score (nSPS) is 17.8. The third-order valence-corrected chi connectivity index (χ3v) is 4.28. The lowest BCUT2D eigenvalue weighted by molar-refractivity contribution is -0.115. The van der Waals surface area contributed by atoms with Gasteiger partial charge in [-0.15, -0.1) is 0 Å². The van der Waals surface area contributed by atoms with Gasteiger partial charge in [0.15, 0.2) is 0 Å². The molecular formula is C16H21NOS. The van der Waals surface area contributed by atoms with Crippen LogP contribution in [0.2, 0.25) is 0 Å². The summed E-state index contributed by atoms with van der Waals surface area (Å²) in [6.07, 6.45) is 3.09. The first kappa shape index (κ1) is 14.2. The van der Waals surface area contributed by atoms with Crippen molar-refractivity contribution in [3.8, 4) is 0 Å². The number of benzene rings is 1. The van der Waals surface area contributed by atoms with Crippen LogP contribution < -0.4 is 4.90 Å². The SMILES string of the molecule is CC/C=C1\SCC(=O)N1c1cc(C)ccc1C(C)C. The first-order valence-electron chi connectivity index (χ1n) is 6.81. The van der Waals surface area contributed by atoms with Crippen LogP contribution in [0.25, 0.3) is 0 Å². The molecule has 0 aliphatic carbocycles. The van der Waals surface area contributed by atoms with Crippen molar-refractivity contribution in [1.82, 2.24) is 0 Å². The summed E-state index contributed by atoms with van der Waals surface area (Å²) >= 11 is 1.64. The molecule has 1 aromatic rings. The van der Waals surface area contributed by atoms with E-state index in [0.717, 1.165) is 17.1 Å². The number of anilines is 1. The predicted octanol–water partition coefficient (Wildman–Crippen LogP) is 4.45. The van der Waals surface area contributed by atoms with Gasteiger partial charge in [-0.2, -0.15) is 0 Å². The number of carbonyl (C=O) groups excluding carboxylic acids is 1. The van der Waals surface area contributed by atoms with Gasteiger partial charge in [0.1, 0.15) is 0 Å². The van der Waals surface area contributed by atoms with E-state index in [4.69, 9.17) is 0 Å². The zero-order valence-corrected chi connectivity index (χ0v) is 12.9. The Labute approximate surface area is 119 Å². The number of rotatable bonds is 3. The highest BCUT2D eigenvalue weighted by Gasteiger charge is 2.29. The number of hydrogen-bond acceptors (Lipinski definition) is 2. The van der Waals surface area contributed by atoms with Crippen LogP contribution in [0.4, 0.5) is 5.69 Å². The Morgan fingerprint density at radius 2 is 2.16 bits per heavy atom. The zero-order chi connectivity index (χ0) is 14.0. The van der Waals surface area contributed by atoms with Crippen LogP contribution in [-0.4, -0.2) is 11.7 Å². The first-order valence-corrected chi connectivity index (χ1v) is 7.79. The van der Waals surface area contributed by atoms with Crippen molar-refractivity contribution in [1.29, 1.82) is 0 Å². The molecule has 0 bridgehead atoms. The molecule has 1 aliphatic heterocycles. The summed E-state index contributed by atoms with van der Waals surface area (Å²) in [5.74, 6) is 1.16. The molecule has 0 saturated carbocycles. The average molecular weight is 275 g/mol. The van der Waals surface area contributed by atoms with Crippen molar-refractivity contribution >= 4 is 23.4 Å². The molecule has 3 heteroatoms. The van der Waals surface area contributed by atoms with Crippen molar-refractivity contribution in [3.05, 3.63) is 40.4 Å². The Morgan fingerprint density at radius 3 is 2.79 bits per heavy atom. The summed E-state index contributed by atoms with van der Waals surface area (Å²) in [5.41, 5.74) is 3.49. The number of allylic oxidation sites excluding steroid dienone is 1. The van der Waals surface area contributed by atoms with Crippen LogP contribution in [0, 0.1) is 6.92 Å². The van der Waals surface area contributed by atoms with Gasteiger partial charge >= 0.3 is 0 Å². The number of carbonyl (C=O) groups is 1. The van der Waals surface area contributed by atoms with Gasteiger partial charge in [0.2, 0.25) is 5.91 Å². The fourth-order valence-electron chi connectivity index (χ4n) is 2.30. The van der Waals surface area contributed by atoms with E-state index in [-0.39, 0.29) is 5.91 Å². The lowest BCUT2D eigenvalue weighted by atomic mass is 9.98. The molecule has 0 N–H and O–H groups in total. The second kappa shape index (κ2) is 5.83. The lowest BCUT2D eigenvalue weighted by Crippen LogP contribution is -2.25. The van der Waals surface area contributed by atoms with Crippen LogP contribution in [0.1, 0.15) is 44.2 Å². The smallest absolute Gasteiger partial charge is 0.242 e. The Hall–Kier alpha value is -1.22. The minimum atomic E-state index is 0.192. The molecule has 2 nitrogen and oxygen atoms in total. The molecule has 0 spiro atoms. The molecule has 102 valence electrons. The van der Waals surface area contributed by atoms with Crippen LogP contribution >= 0.6 is 11.8 Å². The zero-order valence-electron chi connectivity index (χ0n) is 12.1. The van der Waals surface area contributed by atoms with Crippen molar-refractivity contribution in [2.45, 2.75) is 40.0 Å². The predicted molar refractivity (Wildman–Crippen MR) is 83.6 cm³/mol. The summed E-state index contributed by atoms with van der Waals surface area (Å²) in [7, 11) is 0. The molecule has 2 rings (SSSR count). The number of aryl methyl sites for hydroxylation is 1. The molecule has 1 amide bonds. The summed E-state index contributed by atoms with van der Waals surface area (Å²) < 4.78 is 0. The largest absolute Gasteiger partial charge is 0.274 e. The van der Waals surface area contributed by atoms with Crippen LogP contribution in [0.3, 0.4) is 0 Å². The molecule has 0 unspecified atom stereocenters. The molecule has 0 atom stereocenters. The van der Waals surface area contributed by atoms with Crippen LogP contribution in [-0.2, 0) is 4.79 Å². The molecule has 19 heavy (non-hydrogen) atoms. The van der Waals surface area contributed by atoms with E-state index in [1.165, 1.54) is 11.1 Å². The van der Waals surface area contributed by atoms with Crippen LogP contribution in [0.5, 0.6) is 0 Å². The number of thioether (sulfide) groups is 1. The molecule has 1 fully saturated rings. The second-order valence-corrected chi connectivity index (χ2v) is 6.18. The van der Waals surface area contributed by atoms with Gasteiger partial charge in [-0.1, -0.05) is 50.7 Å². The summed E-state index contributed by atoms with van der Waals surface area (Å²) in [6, 6.07) is 6.40. The highest BCUT2D eigenvalue weighted by Crippen LogP contribution is 2.38. The van der Waals surface area contributed by atoms with Crippen molar-refractivity contribution < 1.29 is 4.79 Å². The number of amides is 1. The van der Waals surface area contributed by atoms with Gasteiger partial charge in [0.05, 0.1) is 16.5 Å². The quantitative estimate of drug-likeness (QED) is 0.812. The Kier molecular flexibility index (Phi) is 4.35. The lowest BCUT2D eigenvalue weighted by Gasteiger charge is -2.23. The van der Waals surface area contributed by atoms with Crippen molar-refractivity contribution in [2.75, 3.05) is 10.7 Å². The second-order valence-electron chi connectivity index (χ2n) is 5.19. The molecule has 1 aromatic carbocycles. The molecular weight excluding hydrogens is 254 g/mol. The highest BCUT2D eigenvalue weighted by atomic mass is 32.2. The van der Waals surface area contributed by atoms with Crippen molar-refractivity contribution in [2.24, 2.45) is 0 Å². The van der Waals surface area contributed by atoms with E-state index in [0.29, 0.717) is 11.7 Å². The van der Waals surface area contributed by atoms with E-state index < -0.39 is 0 Å². The van der Waals surface area contributed by atoms with Gasteiger partial charge in [0, 0.05) is 0 Å². The van der Waals surface area contributed by atoms with E-state index in [2.05, 4.69) is 52.0 Å². The summed E-state index contributed by atoms with van der Waals surface area (Å²) in [6.45, 7) is 8.52. The Morgan fingerprint density at radius 1 is 1.42 bits per heavy atom. The van der Waals surface area contributed by atoms with Crippen LogP contribution in [0.15, 0.2) is 29.3 Å². The third kappa shape index (κ3) is 2.86.